The number of hydrogen-bond donors (Lipinski definition) is 1. The number of nitrogens with two attached hydrogens (primary N) is 1. The highest BCUT2D eigenvalue weighted by atomic mass is 15.2. The van der Waals surface area contributed by atoms with Crippen LogP contribution in [-0.4, -0.2) is 30.6 Å². The van der Waals surface area contributed by atoms with Gasteiger partial charge in [-0.05, 0) is 24.9 Å². The van der Waals surface area contributed by atoms with Gasteiger partial charge in [0.05, 0.1) is 0 Å². The van der Waals surface area contributed by atoms with Crippen LogP contribution in [0.4, 0.5) is 0 Å². The molecule has 0 radical (unpaired) electrons. The van der Waals surface area contributed by atoms with Crippen LogP contribution < -0.4 is 5.73 Å². The van der Waals surface area contributed by atoms with Crippen LogP contribution in [0.5, 0.6) is 0 Å². The van der Waals surface area contributed by atoms with Gasteiger partial charge in [-0.15, -0.1) is 0 Å². The molecule has 0 saturated carbocycles. The zero-order valence-electron chi connectivity index (χ0n) is 8.52. The number of nitrogens with zero attached hydrogens (tertiary/aromatic N) is 1. The first-order chi connectivity index (χ1) is 6.84. The summed E-state index contributed by atoms with van der Waals surface area (Å²) in [5, 5.41) is 0. The minimum Gasteiger partial charge on any atom is -0.326 e. The Morgan fingerprint density at radius 1 is 1.29 bits per heavy atom. The first-order valence-corrected chi connectivity index (χ1v) is 5.36. The summed E-state index contributed by atoms with van der Waals surface area (Å²) in [6.07, 6.45) is 2.31. The maximum atomic E-state index is 5.85. The number of hydrogen-bond acceptors (Lipinski definition) is 2. The van der Waals surface area contributed by atoms with Crippen LogP contribution >= 0.6 is 0 Å². The SMILES string of the molecule is N[C@@H]1CCN(CCc2ccccc2)C1. The fourth-order valence-electron chi connectivity index (χ4n) is 2.00. The van der Waals surface area contributed by atoms with Crippen LogP contribution in [0, 0.1) is 0 Å². The van der Waals surface area contributed by atoms with E-state index in [1.54, 1.807) is 0 Å². The molecule has 1 aromatic rings. The molecule has 1 fully saturated rings. The average Bonchev–Trinajstić information content (AvgIpc) is 2.63. The molecule has 0 unspecified atom stereocenters. The highest BCUT2D eigenvalue weighted by Crippen LogP contribution is 2.08. The van der Waals surface area contributed by atoms with Crippen molar-refractivity contribution >= 4 is 0 Å². The third kappa shape index (κ3) is 2.56. The van der Waals surface area contributed by atoms with E-state index in [2.05, 4.69) is 35.2 Å². The molecule has 76 valence electrons. The van der Waals surface area contributed by atoms with Crippen molar-refractivity contribution in [1.82, 2.24) is 4.90 Å². The van der Waals surface area contributed by atoms with E-state index in [4.69, 9.17) is 5.73 Å². The molecule has 1 aliphatic rings. The first-order valence-electron chi connectivity index (χ1n) is 5.36. The summed E-state index contributed by atoms with van der Waals surface area (Å²) in [6, 6.07) is 11.1. The highest BCUT2D eigenvalue weighted by molar-refractivity contribution is 5.14. The summed E-state index contributed by atoms with van der Waals surface area (Å²) in [4.78, 5) is 2.46. The largest absolute Gasteiger partial charge is 0.326 e. The molecule has 1 aliphatic heterocycles. The summed E-state index contributed by atoms with van der Waals surface area (Å²) >= 11 is 0. The first kappa shape index (κ1) is 9.69. The van der Waals surface area contributed by atoms with Crippen LogP contribution in [-0.2, 0) is 6.42 Å². The molecule has 2 nitrogen and oxygen atoms in total. The van der Waals surface area contributed by atoms with Gasteiger partial charge in [0.1, 0.15) is 0 Å². The molecular formula is C12H18N2. The summed E-state index contributed by atoms with van der Waals surface area (Å²) in [5.74, 6) is 0. The fourth-order valence-corrected chi connectivity index (χ4v) is 2.00. The third-order valence-corrected chi connectivity index (χ3v) is 2.87. The van der Waals surface area contributed by atoms with Crippen LogP contribution in [0.2, 0.25) is 0 Å². The Bertz CT molecular complexity index is 271. The van der Waals surface area contributed by atoms with E-state index in [9.17, 15) is 0 Å². The lowest BCUT2D eigenvalue weighted by Crippen LogP contribution is -2.28. The minimum atomic E-state index is 0.408. The van der Waals surface area contributed by atoms with Crippen LogP contribution in [0.1, 0.15) is 12.0 Å². The standard InChI is InChI=1S/C12H18N2/c13-12-7-9-14(10-12)8-6-11-4-2-1-3-5-11/h1-5,12H,6-10,13H2/t12-/m1/s1. The second-order valence-electron chi connectivity index (χ2n) is 4.08. The van der Waals surface area contributed by atoms with Crippen molar-refractivity contribution in [1.29, 1.82) is 0 Å². The molecular weight excluding hydrogens is 172 g/mol. The van der Waals surface area contributed by atoms with Gasteiger partial charge < -0.3 is 10.6 Å². The van der Waals surface area contributed by atoms with Crippen molar-refractivity contribution < 1.29 is 0 Å². The van der Waals surface area contributed by atoms with Crippen molar-refractivity contribution in [2.75, 3.05) is 19.6 Å². The number of benzene rings is 1. The van der Waals surface area contributed by atoms with E-state index in [0.717, 1.165) is 25.9 Å². The summed E-state index contributed by atoms with van der Waals surface area (Å²) in [6.45, 7) is 3.40. The summed E-state index contributed by atoms with van der Waals surface area (Å²) < 4.78 is 0. The Hall–Kier alpha value is -0.860. The van der Waals surface area contributed by atoms with E-state index in [1.807, 2.05) is 0 Å². The van der Waals surface area contributed by atoms with E-state index in [-0.39, 0.29) is 0 Å². The summed E-state index contributed by atoms with van der Waals surface area (Å²) in [5.41, 5.74) is 7.28. The van der Waals surface area contributed by atoms with Gasteiger partial charge in [0, 0.05) is 19.1 Å². The van der Waals surface area contributed by atoms with Gasteiger partial charge in [0.15, 0.2) is 0 Å². The second kappa shape index (κ2) is 4.58. The summed E-state index contributed by atoms with van der Waals surface area (Å²) in [7, 11) is 0. The molecule has 1 saturated heterocycles. The Balaban J connectivity index is 1.78. The molecule has 14 heavy (non-hydrogen) atoms. The van der Waals surface area contributed by atoms with Crippen molar-refractivity contribution in [2.45, 2.75) is 18.9 Å². The zero-order valence-corrected chi connectivity index (χ0v) is 8.52. The van der Waals surface area contributed by atoms with Crippen LogP contribution in [0.15, 0.2) is 30.3 Å². The molecule has 0 aliphatic carbocycles. The molecule has 2 heteroatoms. The molecule has 2 rings (SSSR count). The Morgan fingerprint density at radius 2 is 2.07 bits per heavy atom. The fraction of sp³-hybridized carbons (Fsp3) is 0.500. The van der Waals surface area contributed by atoms with Gasteiger partial charge in [-0.2, -0.15) is 0 Å². The maximum absolute atomic E-state index is 5.85. The predicted molar refractivity (Wildman–Crippen MR) is 59.2 cm³/mol. The Kier molecular flexibility index (Phi) is 3.17. The van der Waals surface area contributed by atoms with Gasteiger partial charge >= 0.3 is 0 Å². The van der Waals surface area contributed by atoms with E-state index >= 15 is 0 Å². The molecule has 1 aromatic carbocycles. The highest BCUT2D eigenvalue weighted by Gasteiger charge is 2.17. The number of rotatable bonds is 3. The van der Waals surface area contributed by atoms with Gasteiger partial charge in [0.2, 0.25) is 0 Å². The van der Waals surface area contributed by atoms with Gasteiger partial charge in [-0.3, -0.25) is 0 Å². The maximum Gasteiger partial charge on any atom is 0.0180 e. The average molecular weight is 190 g/mol. The van der Waals surface area contributed by atoms with E-state index in [1.165, 1.54) is 12.1 Å². The van der Waals surface area contributed by atoms with Gasteiger partial charge in [0.25, 0.3) is 0 Å². The smallest absolute Gasteiger partial charge is 0.0180 e. The molecule has 0 bridgehead atoms. The minimum absolute atomic E-state index is 0.408. The lowest BCUT2D eigenvalue weighted by molar-refractivity contribution is 0.339. The lowest BCUT2D eigenvalue weighted by Gasteiger charge is -2.14. The van der Waals surface area contributed by atoms with Crippen molar-refractivity contribution in [2.24, 2.45) is 5.73 Å². The monoisotopic (exact) mass is 190 g/mol. The molecule has 0 aromatic heterocycles. The Morgan fingerprint density at radius 3 is 2.71 bits per heavy atom. The Labute approximate surface area is 85.7 Å². The zero-order chi connectivity index (χ0) is 9.80. The molecule has 1 heterocycles. The predicted octanol–water partition coefficient (Wildman–Crippen LogP) is 1.26. The number of likely N-dealkylation sites (tertiary alicyclic amines) is 1. The normalized spacial score (nSPS) is 22.8. The molecule has 1 atom stereocenters. The van der Waals surface area contributed by atoms with Gasteiger partial charge in [-0.25, -0.2) is 0 Å². The quantitative estimate of drug-likeness (QED) is 0.777. The van der Waals surface area contributed by atoms with E-state index < -0.39 is 0 Å². The van der Waals surface area contributed by atoms with Crippen LogP contribution in [0.25, 0.3) is 0 Å². The van der Waals surface area contributed by atoms with Crippen LogP contribution in [0.3, 0.4) is 0 Å². The molecule has 0 spiro atoms. The molecule has 2 N–H and O–H groups in total. The lowest BCUT2D eigenvalue weighted by atomic mass is 10.1. The molecule has 0 amide bonds. The van der Waals surface area contributed by atoms with Crippen molar-refractivity contribution in [3.63, 3.8) is 0 Å². The van der Waals surface area contributed by atoms with Crippen molar-refractivity contribution in [3.8, 4) is 0 Å². The van der Waals surface area contributed by atoms with E-state index in [0.29, 0.717) is 6.04 Å². The second-order valence-corrected chi connectivity index (χ2v) is 4.08. The third-order valence-electron chi connectivity index (χ3n) is 2.87. The van der Waals surface area contributed by atoms with Crippen molar-refractivity contribution in [3.05, 3.63) is 35.9 Å². The van der Waals surface area contributed by atoms with Gasteiger partial charge in [-0.1, -0.05) is 30.3 Å². The topological polar surface area (TPSA) is 29.3 Å².